The Labute approximate surface area is 226 Å². The van der Waals surface area contributed by atoms with E-state index in [1.54, 1.807) is 27.7 Å². The molecular formula is C27H46N4O7. The largest absolute Gasteiger partial charge is 0.444 e. The van der Waals surface area contributed by atoms with Crippen molar-refractivity contribution in [3.8, 4) is 0 Å². The second kappa shape index (κ2) is 11.6. The van der Waals surface area contributed by atoms with Crippen LogP contribution < -0.4 is 16.1 Å². The minimum Gasteiger partial charge on any atom is -0.444 e. The Hall–Kier alpha value is -2.69. The SMILES string of the molecule is CCCC(NC(=O)C1C2C(CN1C(=O)C(NC(=O)OC(C)(C)C)C(C)(C)C)C2(C)C)C(=O)C(=O)NOCC. The third-order valence-corrected chi connectivity index (χ3v) is 7.28. The lowest BCUT2D eigenvalue weighted by Gasteiger charge is -2.38. The van der Waals surface area contributed by atoms with Gasteiger partial charge in [-0.25, -0.2) is 10.3 Å². The molecule has 0 aromatic heterocycles. The fraction of sp³-hybridized carbons (Fsp3) is 0.815. The number of carbonyl (C=O) groups is 5. The molecule has 1 saturated carbocycles. The van der Waals surface area contributed by atoms with Gasteiger partial charge in [0.05, 0.1) is 12.6 Å². The van der Waals surface area contributed by atoms with Gasteiger partial charge in [0.15, 0.2) is 0 Å². The fourth-order valence-electron chi connectivity index (χ4n) is 5.21. The van der Waals surface area contributed by atoms with Gasteiger partial charge < -0.3 is 20.3 Å². The molecule has 11 heteroatoms. The average molecular weight is 539 g/mol. The Balaban J connectivity index is 2.29. The van der Waals surface area contributed by atoms with E-state index < -0.39 is 52.8 Å². The molecule has 0 spiro atoms. The van der Waals surface area contributed by atoms with E-state index in [4.69, 9.17) is 9.57 Å². The molecule has 216 valence electrons. The first-order valence-electron chi connectivity index (χ1n) is 13.4. The molecule has 2 fully saturated rings. The van der Waals surface area contributed by atoms with E-state index >= 15 is 0 Å². The number of ketones is 1. The molecule has 5 unspecified atom stereocenters. The average Bonchev–Trinajstić information content (AvgIpc) is 3.11. The maximum atomic E-state index is 13.9. The number of nitrogens with zero attached hydrogens (tertiary/aromatic N) is 1. The number of piperidine rings is 1. The molecule has 1 aliphatic carbocycles. The van der Waals surface area contributed by atoms with Crippen molar-refractivity contribution < 1.29 is 33.5 Å². The van der Waals surface area contributed by atoms with Gasteiger partial charge in [-0.15, -0.1) is 0 Å². The first kappa shape index (κ1) is 31.5. The van der Waals surface area contributed by atoms with E-state index in [9.17, 15) is 24.0 Å². The zero-order chi connectivity index (χ0) is 29.2. The van der Waals surface area contributed by atoms with E-state index in [2.05, 4.69) is 30.0 Å². The minimum absolute atomic E-state index is 0.103. The van der Waals surface area contributed by atoms with Gasteiger partial charge in [0.25, 0.3) is 0 Å². The van der Waals surface area contributed by atoms with Gasteiger partial charge in [0, 0.05) is 6.54 Å². The quantitative estimate of drug-likeness (QED) is 0.286. The summed E-state index contributed by atoms with van der Waals surface area (Å²) in [6.45, 7) is 18.8. The number of alkyl carbamates (subject to hydrolysis) is 1. The predicted octanol–water partition coefficient (Wildman–Crippen LogP) is 2.33. The van der Waals surface area contributed by atoms with Crippen molar-refractivity contribution in [3.05, 3.63) is 0 Å². The highest BCUT2D eigenvalue weighted by Gasteiger charge is 2.69. The van der Waals surface area contributed by atoms with Crippen LogP contribution >= 0.6 is 0 Å². The summed E-state index contributed by atoms with van der Waals surface area (Å²) in [4.78, 5) is 71.5. The van der Waals surface area contributed by atoms with Crippen LogP contribution in [-0.4, -0.2) is 71.4 Å². The highest BCUT2D eigenvalue weighted by molar-refractivity contribution is 6.38. The van der Waals surface area contributed by atoms with Crippen LogP contribution in [0.15, 0.2) is 0 Å². The smallest absolute Gasteiger partial charge is 0.408 e. The summed E-state index contributed by atoms with van der Waals surface area (Å²) in [6, 6.07) is -2.84. The van der Waals surface area contributed by atoms with Gasteiger partial charge in [0.1, 0.15) is 17.7 Å². The number of carbonyl (C=O) groups excluding carboxylic acids is 5. The number of fused-ring (bicyclic) bond motifs is 1. The van der Waals surface area contributed by atoms with Crippen molar-refractivity contribution in [1.82, 2.24) is 21.0 Å². The monoisotopic (exact) mass is 538 g/mol. The number of Topliss-reactive ketones (excluding diaryl/α,β-unsaturated/α-hetero) is 1. The zero-order valence-corrected chi connectivity index (χ0v) is 24.5. The summed E-state index contributed by atoms with van der Waals surface area (Å²) < 4.78 is 5.38. The van der Waals surface area contributed by atoms with Crippen LogP contribution in [0.3, 0.4) is 0 Å². The van der Waals surface area contributed by atoms with E-state index in [1.165, 1.54) is 4.90 Å². The zero-order valence-electron chi connectivity index (χ0n) is 24.5. The molecule has 0 aromatic carbocycles. The van der Waals surface area contributed by atoms with Crippen molar-refractivity contribution >= 4 is 29.6 Å². The number of amides is 4. The molecule has 5 atom stereocenters. The Bertz CT molecular complexity index is 935. The standard InChI is InChI=1S/C27H46N4O7/c1-11-13-16(19(32)22(34)30-37-12-2)28-21(33)18-17-15(27(17,9)10)14-31(18)23(35)20(25(3,4)5)29-24(36)38-26(6,7)8/h15-18,20H,11-14H2,1-10H3,(H,28,33)(H,29,36)(H,30,34). The van der Waals surface area contributed by atoms with Crippen LogP contribution in [0.25, 0.3) is 0 Å². The molecule has 11 nitrogen and oxygen atoms in total. The highest BCUT2D eigenvalue weighted by atomic mass is 16.6. The summed E-state index contributed by atoms with van der Waals surface area (Å²) in [5, 5.41) is 5.44. The topological polar surface area (TPSA) is 143 Å². The minimum atomic E-state index is -1.05. The van der Waals surface area contributed by atoms with Crippen molar-refractivity contribution in [1.29, 1.82) is 0 Å². The molecule has 0 radical (unpaired) electrons. The van der Waals surface area contributed by atoms with Crippen molar-refractivity contribution in [2.24, 2.45) is 22.7 Å². The van der Waals surface area contributed by atoms with Crippen molar-refractivity contribution in [2.45, 2.75) is 106 Å². The van der Waals surface area contributed by atoms with E-state index in [0.29, 0.717) is 13.0 Å². The van der Waals surface area contributed by atoms with Gasteiger partial charge in [-0.3, -0.25) is 24.0 Å². The maximum absolute atomic E-state index is 13.9. The molecule has 2 aliphatic rings. The number of nitrogens with one attached hydrogen (secondary N) is 3. The first-order valence-corrected chi connectivity index (χ1v) is 13.4. The van der Waals surface area contributed by atoms with Gasteiger partial charge in [-0.1, -0.05) is 48.0 Å². The van der Waals surface area contributed by atoms with E-state index in [0.717, 1.165) is 0 Å². The summed E-state index contributed by atoms with van der Waals surface area (Å²) >= 11 is 0. The third-order valence-electron chi connectivity index (χ3n) is 7.28. The molecule has 1 heterocycles. The fourth-order valence-corrected chi connectivity index (χ4v) is 5.21. The lowest BCUT2D eigenvalue weighted by Crippen LogP contribution is -2.60. The third kappa shape index (κ3) is 7.24. The van der Waals surface area contributed by atoms with E-state index in [1.807, 2.05) is 27.7 Å². The van der Waals surface area contributed by atoms with Crippen LogP contribution in [0.2, 0.25) is 0 Å². The summed E-state index contributed by atoms with van der Waals surface area (Å²) in [7, 11) is 0. The van der Waals surface area contributed by atoms with Crippen molar-refractivity contribution in [2.75, 3.05) is 13.2 Å². The van der Waals surface area contributed by atoms with Gasteiger partial charge >= 0.3 is 12.0 Å². The Morgan fingerprint density at radius 3 is 2.11 bits per heavy atom. The highest BCUT2D eigenvalue weighted by Crippen LogP contribution is 2.65. The summed E-state index contributed by atoms with van der Waals surface area (Å²) in [6.07, 6.45) is 0.0907. The number of hydrogen-bond donors (Lipinski definition) is 3. The molecule has 1 saturated heterocycles. The lowest BCUT2D eigenvalue weighted by atomic mass is 9.85. The maximum Gasteiger partial charge on any atom is 0.408 e. The Kier molecular flexibility index (Phi) is 9.62. The molecule has 4 amide bonds. The summed E-state index contributed by atoms with van der Waals surface area (Å²) in [5.74, 6) is -2.63. The number of rotatable bonds is 10. The number of hydrogen-bond acceptors (Lipinski definition) is 7. The second-order valence-corrected chi connectivity index (χ2v) is 12.9. The Morgan fingerprint density at radius 1 is 1.00 bits per heavy atom. The molecular weight excluding hydrogens is 492 g/mol. The van der Waals surface area contributed by atoms with Crippen molar-refractivity contribution in [3.63, 3.8) is 0 Å². The molecule has 1 aliphatic heterocycles. The van der Waals surface area contributed by atoms with Gasteiger partial charge in [-0.2, -0.15) is 0 Å². The molecule has 38 heavy (non-hydrogen) atoms. The van der Waals surface area contributed by atoms with Gasteiger partial charge in [-0.05, 0) is 56.8 Å². The normalized spacial score (nSPS) is 23.5. The summed E-state index contributed by atoms with van der Waals surface area (Å²) in [5.41, 5.74) is 0.504. The van der Waals surface area contributed by atoms with Crippen LogP contribution in [0.4, 0.5) is 4.79 Å². The van der Waals surface area contributed by atoms with Crippen LogP contribution in [0.5, 0.6) is 0 Å². The molecule has 3 N–H and O–H groups in total. The van der Waals surface area contributed by atoms with Crippen LogP contribution in [0.1, 0.15) is 82.1 Å². The molecule has 0 aromatic rings. The van der Waals surface area contributed by atoms with E-state index in [-0.39, 0.29) is 36.2 Å². The number of likely N-dealkylation sites (tertiary alicyclic amines) is 1. The van der Waals surface area contributed by atoms with Crippen LogP contribution in [0, 0.1) is 22.7 Å². The van der Waals surface area contributed by atoms with Gasteiger partial charge in [0.2, 0.25) is 17.6 Å². The molecule has 2 rings (SSSR count). The molecule has 0 bridgehead atoms. The second-order valence-electron chi connectivity index (χ2n) is 12.9. The Morgan fingerprint density at radius 2 is 1.61 bits per heavy atom. The van der Waals surface area contributed by atoms with Crippen LogP contribution in [-0.2, 0) is 28.8 Å². The lowest BCUT2D eigenvalue weighted by molar-refractivity contribution is -0.148. The number of ether oxygens (including phenoxy) is 1. The number of hydroxylamine groups is 1. The first-order chi connectivity index (χ1) is 17.4. The predicted molar refractivity (Wildman–Crippen MR) is 140 cm³/mol.